The van der Waals surface area contributed by atoms with Crippen LogP contribution in [0.1, 0.15) is 30.0 Å². The highest BCUT2D eigenvalue weighted by Crippen LogP contribution is 2.20. The third-order valence-corrected chi connectivity index (χ3v) is 4.69. The molecule has 3 aromatic rings. The summed E-state index contributed by atoms with van der Waals surface area (Å²) >= 11 is 1.48. The Morgan fingerprint density at radius 2 is 1.71 bits per heavy atom. The minimum absolute atomic E-state index is 0.0864. The molecular weight excluding hydrogens is 377 g/mol. The molecule has 3 rings (SSSR count). The summed E-state index contributed by atoms with van der Waals surface area (Å²) in [4.78, 5) is 11.7. The zero-order valence-corrected chi connectivity index (χ0v) is 16.5. The molecular formula is C20H22FN5OS. The van der Waals surface area contributed by atoms with Gasteiger partial charge in [0.2, 0.25) is 5.13 Å². The molecule has 1 heterocycles. The van der Waals surface area contributed by atoms with Crippen LogP contribution in [0.4, 0.5) is 20.0 Å². The van der Waals surface area contributed by atoms with Crippen molar-refractivity contribution in [3.8, 4) is 0 Å². The second-order valence-electron chi connectivity index (χ2n) is 6.61. The molecule has 0 fully saturated rings. The summed E-state index contributed by atoms with van der Waals surface area (Å²) in [6.07, 6.45) is 0.623. The molecule has 2 aromatic carbocycles. The lowest BCUT2D eigenvalue weighted by Crippen LogP contribution is -2.34. The molecule has 0 atom stereocenters. The SMILES string of the molecule is CC(C)NC(=O)Nc1ccc(CNc2nnc(Cc3ccc(F)cc3)s2)cc1. The lowest BCUT2D eigenvalue weighted by molar-refractivity contribution is 0.250. The first-order chi connectivity index (χ1) is 13.5. The number of nitrogens with one attached hydrogen (secondary N) is 3. The van der Waals surface area contributed by atoms with Gasteiger partial charge in [0.25, 0.3) is 0 Å². The van der Waals surface area contributed by atoms with Gasteiger partial charge in [-0.05, 0) is 49.2 Å². The van der Waals surface area contributed by atoms with Gasteiger partial charge < -0.3 is 16.0 Å². The van der Waals surface area contributed by atoms with Gasteiger partial charge in [0.05, 0.1) is 0 Å². The van der Waals surface area contributed by atoms with E-state index in [1.54, 1.807) is 12.1 Å². The Hall–Kier alpha value is -3.00. The molecule has 0 unspecified atom stereocenters. The van der Waals surface area contributed by atoms with Crippen molar-refractivity contribution >= 4 is 28.2 Å². The molecule has 146 valence electrons. The van der Waals surface area contributed by atoms with Gasteiger partial charge in [-0.25, -0.2) is 9.18 Å². The third-order valence-electron chi connectivity index (χ3n) is 3.81. The van der Waals surface area contributed by atoms with E-state index in [0.29, 0.717) is 13.0 Å². The average Bonchev–Trinajstić information content (AvgIpc) is 3.10. The Bertz CT molecular complexity index is 909. The second kappa shape index (κ2) is 9.27. The highest BCUT2D eigenvalue weighted by Gasteiger charge is 2.06. The van der Waals surface area contributed by atoms with Crippen molar-refractivity contribution in [1.29, 1.82) is 0 Å². The highest BCUT2D eigenvalue weighted by molar-refractivity contribution is 7.15. The topological polar surface area (TPSA) is 78.9 Å². The molecule has 0 aliphatic rings. The average molecular weight is 399 g/mol. The number of halogens is 1. The number of rotatable bonds is 7. The molecule has 0 spiro atoms. The molecule has 0 aliphatic carbocycles. The molecule has 0 radical (unpaired) electrons. The molecule has 0 bridgehead atoms. The van der Waals surface area contributed by atoms with Gasteiger partial charge in [-0.3, -0.25) is 0 Å². The molecule has 3 N–H and O–H groups in total. The summed E-state index contributed by atoms with van der Waals surface area (Å²) in [6.45, 7) is 4.42. The number of hydrogen-bond donors (Lipinski definition) is 3. The van der Waals surface area contributed by atoms with Crippen LogP contribution in [-0.2, 0) is 13.0 Å². The number of carbonyl (C=O) groups is 1. The van der Waals surface area contributed by atoms with Crippen molar-refractivity contribution in [3.05, 3.63) is 70.5 Å². The van der Waals surface area contributed by atoms with Crippen LogP contribution in [0.2, 0.25) is 0 Å². The van der Waals surface area contributed by atoms with Crippen LogP contribution in [0.3, 0.4) is 0 Å². The van der Waals surface area contributed by atoms with E-state index < -0.39 is 0 Å². The van der Waals surface area contributed by atoms with E-state index in [1.807, 2.05) is 38.1 Å². The third kappa shape index (κ3) is 6.02. The number of benzene rings is 2. The van der Waals surface area contributed by atoms with Crippen LogP contribution in [0.5, 0.6) is 0 Å². The predicted molar refractivity (Wildman–Crippen MR) is 110 cm³/mol. The normalized spacial score (nSPS) is 10.7. The number of anilines is 2. The maximum absolute atomic E-state index is 13.0. The van der Waals surface area contributed by atoms with E-state index in [0.717, 1.165) is 27.0 Å². The summed E-state index contributed by atoms with van der Waals surface area (Å²) < 4.78 is 13.0. The number of aromatic nitrogens is 2. The molecule has 0 aliphatic heterocycles. The summed E-state index contributed by atoms with van der Waals surface area (Å²) in [6, 6.07) is 13.9. The van der Waals surface area contributed by atoms with E-state index in [2.05, 4.69) is 26.1 Å². The van der Waals surface area contributed by atoms with E-state index in [9.17, 15) is 9.18 Å². The summed E-state index contributed by atoms with van der Waals surface area (Å²) in [7, 11) is 0. The molecule has 8 heteroatoms. The number of carbonyl (C=O) groups excluding carboxylic acids is 1. The Balaban J connectivity index is 1.49. The quantitative estimate of drug-likeness (QED) is 0.550. The minimum atomic E-state index is -0.245. The second-order valence-corrected chi connectivity index (χ2v) is 7.67. The zero-order valence-electron chi connectivity index (χ0n) is 15.7. The molecule has 0 saturated carbocycles. The Morgan fingerprint density at radius 1 is 1.04 bits per heavy atom. The number of hydrogen-bond acceptors (Lipinski definition) is 5. The van der Waals surface area contributed by atoms with E-state index >= 15 is 0 Å². The van der Waals surface area contributed by atoms with Crippen molar-refractivity contribution in [1.82, 2.24) is 15.5 Å². The van der Waals surface area contributed by atoms with Crippen molar-refractivity contribution in [2.45, 2.75) is 32.9 Å². The maximum Gasteiger partial charge on any atom is 0.319 e. The van der Waals surface area contributed by atoms with Crippen LogP contribution in [-0.4, -0.2) is 22.3 Å². The first-order valence-corrected chi connectivity index (χ1v) is 9.77. The Morgan fingerprint density at radius 3 is 2.39 bits per heavy atom. The van der Waals surface area contributed by atoms with Crippen LogP contribution < -0.4 is 16.0 Å². The molecule has 1 aromatic heterocycles. The largest absolute Gasteiger partial charge is 0.356 e. The van der Waals surface area contributed by atoms with Gasteiger partial charge in [-0.15, -0.1) is 10.2 Å². The lowest BCUT2D eigenvalue weighted by atomic mass is 10.2. The number of urea groups is 1. The maximum atomic E-state index is 13.0. The number of amides is 2. The van der Waals surface area contributed by atoms with Crippen molar-refractivity contribution in [2.24, 2.45) is 0 Å². The minimum Gasteiger partial charge on any atom is -0.356 e. The Kier molecular flexibility index (Phi) is 6.54. The highest BCUT2D eigenvalue weighted by atomic mass is 32.1. The van der Waals surface area contributed by atoms with E-state index in [-0.39, 0.29) is 17.9 Å². The fourth-order valence-electron chi connectivity index (χ4n) is 2.49. The monoisotopic (exact) mass is 399 g/mol. The van der Waals surface area contributed by atoms with Crippen LogP contribution in [0, 0.1) is 5.82 Å². The van der Waals surface area contributed by atoms with E-state index in [4.69, 9.17) is 0 Å². The predicted octanol–water partition coefficient (Wildman–Crippen LogP) is 4.41. The first kappa shape index (κ1) is 19.8. The molecule has 2 amide bonds. The van der Waals surface area contributed by atoms with Crippen molar-refractivity contribution in [2.75, 3.05) is 10.6 Å². The van der Waals surface area contributed by atoms with Gasteiger partial charge in [-0.2, -0.15) is 0 Å². The van der Waals surface area contributed by atoms with Crippen LogP contribution >= 0.6 is 11.3 Å². The number of nitrogens with zero attached hydrogens (tertiary/aromatic N) is 2. The van der Waals surface area contributed by atoms with Crippen molar-refractivity contribution in [3.63, 3.8) is 0 Å². The summed E-state index contributed by atoms with van der Waals surface area (Å²) in [5, 5.41) is 18.7. The summed E-state index contributed by atoms with van der Waals surface area (Å²) in [5.74, 6) is -0.245. The van der Waals surface area contributed by atoms with Gasteiger partial charge >= 0.3 is 6.03 Å². The first-order valence-electron chi connectivity index (χ1n) is 8.95. The standard InChI is InChI=1S/C20H22FN5OS/c1-13(2)23-19(27)24-17-9-5-15(6-10-17)12-22-20-26-25-18(28-20)11-14-3-7-16(21)8-4-14/h3-10,13H,11-12H2,1-2H3,(H,22,26)(H2,23,24,27). The fraction of sp³-hybridized carbons (Fsp3) is 0.250. The van der Waals surface area contributed by atoms with Gasteiger partial charge in [-0.1, -0.05) is 35.6 Å². The Labute approximate surface area is 167 Å². The lowest BCUT2D eigenvalue weighted by Gasteiger charge is -2.10. The fourth-order valence-corrected chi connectivity index (χ4v) is 3.26. The van der Waals surface area contributed by atoms with Gasteiger partial charge in [0.15, 0.2) is 0 Å². The smallest absolute Gasteiger partial charge is 0.319 e. The zero-order chi connectivity index (χ0) is 19.9. The molecule has 28 heavy (non-hydrogen) atoms. The van der Waals surface area contributed by atoms with Gasteiger partial charge in [0, 0.05) is 24.7 Å². The van der Waals surface area contributed by atoms with Crippen molar-refractivity contribution < 1.29 is 9.18 Å². The van der Waals surface area contributed by atoms with Crippen LogP contribution in [0.15, 0.2) is 48.5 Å². The molecule has 0 saturated heterocycles. The van der Waals surface area contributed by atoms with Gasteiger partial charge in [0.1, 0.15) is 10.8 Å². The van der Waals surface area contributed by atoms with E-state index in [1.165, 1.54) is 23.5 Å². The molecule has 6 nitrogen and oxygen atoms in total. The van der Waals surface area contributed by atoms with Crippen LogP contribution in [0.25, 0.3) is 0 Å². The summed E-state index contributed by atoms with van der Waals surface area (Å²) in [5.41, 5.74) is 2.79.